The largest absolute Gasteiger partial charge is 0.350 e. The summed E-state index contributed by atoms with van der Waals surface area (Å²) in [5.74, 6) is -0.0105. The summed E-state index contributed by atoms with van der Waals surface area (Å²) >= 11 is 0. The van der Waals surface area contributed by atoms with E-state index in [9.17, 15) is 9.59 Å². The van der Waals surface area contributed by atoms with Gasteiger partial charge in [0.25, 0.3) is 5.91 Å². The Kier molecular flexibility index (Phi) is 5.36. The van der Waals surface area contributed by atoms with E-state index in [1.54, 1.807) is 6.20 Å². The molecular formula is C23H27N3O2. The molecule has 1 aromatic carbocycles. The molecule has 0 saturated heterocycles. The third kappa shape index (κ3) is 4.14. The summed E-state index contributed by atoms with van der Waals surface area (Å²) in [6.07, 6.45) is 1.68. The molecule has 3 aromatic rings. The molecule has 2 N–H and O–H groups in total. The molecule has 0 saturated carbocycles. The number of aromatic amines is 1. The van der Waals surface area contributed by atoms with Gasteiger partial charge in [-0.15, -0.1) is 0 Å². The first-order valence-electron chi connectivity index (χ1n) is 9.56. The lowest BCUT2D eigenvalue weighted by atomic mass is 9.83. The van der Waals surface area contributed by atoms with Crippen LogP contribution in [0.1, 0.15) is 67.8 Å². The molecule has 2 heterocycles. The number of pyridine rings is 2. The van der Waals surface area contributed by atoms with Crippen molar-refractivity contribution in [2.24, 2.45) is 0 Å². The highest BCUT2D eigenvalue weighted by atomic mass is 16.2. The van der Waals surface area contributed by atoms with Gasteiger partial charge in [0.15, 0.2) is 5.43 Å². The van der Waals surface area contributed by atoms with Crippen molar-refractivity contribution in [1.29, 1.82) is 0 Å². The SMILES string of the molecule is CC(C)c1cc(C(C)(C)C)c2[nH]c(C(=O)NCc3ccccn3)cc(=O)c2c1. The topological polar surface area (TPSA) is 74.8 Å². The van der Waals surface area contributed by atoms with Gasteiger partial charge in [-0.1, -0.05) is 46.8 Å². The number of carbonyl (C=O) groups excluding carboxylic acids is 1. The fourth-order valence-electron chi connectivity index (χ4n) is 3.19. The minimum Gasteiger partial charge on any atom is -0.350 e. The Balaban J connectivity index is 2.05. The van der Waals surface area contributed by atoms with Gasteiger partial charge in [0.1, 0.15) is 5.69 Å². The third-order valence-electron chi connectivity index (χ3n) is 4.84. The van der Waals surface area contributed by atoms with Crippen LogP contribution in [0.5, 0.6) is 0 Å². The van der Waals surface area contributed by atoms with Crippen LogP contribution in [0.2, 0.25) is 0 Å². The average molecular weight is 377 g/mol. The number of aromatic nitrogens is 2. The van der Waals surface area contributed by atoms with Crippen LogP contribution in [0.25, 0.3) is 10.9 Å². The van der Waals surface area contributed by atoms with Crippen LogP contribution in [-0.2, 0) is 12.0 Å². The van der Waals surface area contributed by atoms with E-state index >= 15 is 0 Å². The lowest BCUT2D eigenvalue weighted by Crippen LogP contribution is -2.26. The van der Waals surface area contributed by atoms with Crippen LogP contribution < -0.4 is 10.7 Å². The molecule has 0 atom stereocenters. The third-order valence-corrected chi connectivity index (χ3v) is 4.84. The molecule has 0 unspecified atom stereocenters. The lowest BCUT2D eigenvalue weighted by Gasteiger charge is -2.23. The number of hydrogen-bond donors (Lipinski definition) is 2. The zero-order chi connectivity index (χ0) is 20.5. The summed E-state index contributed by atoms with van der Waals surface area (Å²) in [6, 6.07) is 11.0. The van der Waals surface area contributed by atoms with E-state index in [2.05, 4.69) is 56.0 Å². The maximum Gasteiger partial charge on any atom is 0.268 e. The van der Waals surface area contributed by atoms with E-state index in [1.165, 1.54) is 6.07 Å². The number of rotatable bonds is 4. The molecule has 5 nitrogen and oxygen atoms in total. The van der Waals surface area contributed by atoms with Crippen molar-refractivity contribution < 1.29 is 4.79 Å². The van der Waals surface area contributed by atoms with Crippen molar-refractivity contribution in [2.45, 2.75) is 52.5 Å². The summed E-state index contributed by atoms with van der Waals surface area (Å²) in [4.78, 5) is 32.9. The van der Waals surface area contributed by atoms with Crippen molar-refractivity contribution in [2.75, 3.05) is 0 Å². The van der Waals surface area contributed by atoms with Gasteiger partial charge in [-0.3, -0.25) is 14.6 Å². The van der Waals surface area contributed by atoms with Crippen molar-refractivity contribution >= 4 is 16.8 Å². The van der Waals surface area contributed by atoms with Gasteiger partial charge in [-0.2, -0.15) is 0 Å². The molecular weight excluding hydrogens is 350 g/mol. The molecule has 0 aliphatic heterocycles. The number of fused-ring (bicyclic) bond motifs is 1. The summed E-state index contributed by atoms with van der Waals surface area (Å²) in [6.45, 7) is 10.9. The number of nitrogens with one attached hydrogen (secondary N) is 2. The van der Waals surface area contributed by atoms with E-state index in [0.717, 1.165) is 22.3 Å². The second-order valence-electron chi connectivity index (χ2n) is 8.45. The Morgan fingerprint density at radius 1 is 1.18 bits per heavy atom. The van der Waals surface area contributed by atoms with Gasteiger partial charge in [0, 0.05) is 17.6 Å². The van der Waals surface area contributed by atoms with Gasteiger partial charge in [-0.05, 0) is 40.7 Å². The molecule has 0 aliphatic carbocycles. The molecule has 0 spiro atoms. The second-order valence-corrected chi connectivity index (χ2v) is 8.45. The zero-order valence-electron chi connectivity index (χ0n) is 17.1. The Hall–Kier alpha value is -2.95. The standard InChI is InChI=1S/C23H27N3O2/c1-14(2)15-10-17-20(27)12-19(26-21(17)18(11-15)23(3,4)5)22(28)25-13-16-8-6-7-9-24-16/h6-12,14H,13H2,1-5H3,(H,25,28)(H,26,27). The van der Waals surface area contributed by atoms with E-state index in [-0.39, 0.29) is 22.4 Å². The van der Waals surface area contributed by atoms with Crippen molar-refractivity contribution in [3.63, 3.8) is 0 Å². The minimum absolute atomic E-state index is 0.148. The van der Waals surface area contributed by atoms with Gasteiger partial charge in [0.2, 0.25) is 0 Å². The summed E-state index contributed by atoms with van der Waals surface area (Å²) < 4.78 is 0. The smallest absolute Gasteiger partial charge is 0.268 e. The number of carbonyl (C=O) groups is 1. The van der Waals surface area contributed by atoms with E-state index in [1.807, 2.05) is 24.3 Å². The summed E-state index contributed by atoms with van der Waals surface area (Å²) in [7, 11) is 0. The highest BCUT2D eigenvalue weighted by Gasteiger charge is 2.21. The van der Waals surface area contributed by atoms with Crippen molar-refractivity contribution in [3.8, 4) is 0 Å². The van der Waals surface area contributed by atoms with Gasteiger partial charge < -0.3 is 10.3 Å². The fourth-order valence-corrected chi connectivity index (χ4v) is 3.19. The molecule has 0 bridgehead atoms. The predicted octanol–water partition coefficient (Wildman–Crippen LogP) is 4.27. The second kappa shape index (κ2) is 7.58. The Bertz CT molecular complexity index is 1060. The predicted molar refractivity (Wildman–Crippen MR) is 113 cm³/mol. The molecule has 28 heavy (non-hydrogen) atoms. The van der Waals surface area contributed by atoms with Gasteiger partial charge in [-0.25, -0.2) is 0 Å². The molecule has 0 radical (unpaired) electrons. The molecule has 1 amide bonds. The van der Waals surface area contributed by atoms with E-state index < -0.39 is 0 Å². The van der Waals surface area contributed by atoms with Crippen LogP contribution in [0.15, 0.2) is 47.4 Å². The molecule has 3 rings (SSSR count). The molecule has 5 heteroatoms. The van der Waals surface area contributed by atoms with Crippen LogP contribution in [0, 0.1) is 0 Å². The first kappa shape index (κ1) is 19.8. The van der Waals surface area contributed by atoms with Gasteiger partial charge >= 0.3 is 0 Å². The summed E-state index contributed by atoms with van der Waals surface area (Å²) in [5.41, 5.74) is 3.58. The number of H-pyrrole nitrogens is 1. The highest BCUT2D eigenvalue weighted by Crippen LogP contribution is 2.31. The fraction of sp³-hybridized carbons (Fsp3) is 0.348. The normalized spacial score (nSPS) is 11.8. The number of benzene rings is 1. The van der Waals surface area contributed by atoms with Crippen LogP contribution in [0.4, 0.5) is 0 Å². The number of hydrogen-bond acceptors (Lipinski definition) is 3. The Morgan fingerprint density at radius 2 is 1.93 bits per heavy atom. The number of nitrogens with zero attached hydrogens (tertiary/aromatic N) is 1. The first-order valence-corrected chi connectivity index (χ1v) is 9.56. The quantitative estimate of drug-likeness (QED) is 0.713. The summed E-state index contributed by atoms with van der Waals surface area (Å²) in [5, 5.41) is 3.45. The molecule has 0 fully saturated rings. The first-order chi connectivity index (χ1) is 13.2. The maximum absolute atomic E-state index is 12.8. The number of amides is 1. The average Bonchev–Trinajstić information content (AvgIpc) is 2.65. The monoisotopic (exact) mass is 377 g/mol. The lowest BCUT2D eigenvalue weighted by molar-refractivity contribution is 0.0945. The van der Waals surface area contributed by atoms with E-state index in [4.69, 9.17) is 0 Å². The van der Waals surface area contributed by atoms with Crippen LogP contribution in [0.3, 0.4) is 0 Å². The molecule has 146 valence electrons. The Labute approximate surface area is 165 Å². The molecule has 2 aromatic heterocycles. The highest BCUT2D eigenvalue weighted by molar-refractivity contribution is 5.95. The van der Waals surface area contributed by atoms with Crippen molar-refractivity contribution in [1.82, 2.24) is 15.3 Å². The van der Waals surface area contributed by atoms with Crippen LogP contribution in [-0.4, -0.2) is 15.9 Å². The van der Waals surface area contributed by atoms with E-state index in [0.29, 0.717) is 17.8 Å². The zero-order valence-corrected chi connectivity index (χ0v) is 17.1. The van der Waals surface area contributed by atoms with Crippen molar-refractivity contribution in [3.05, 3.63) is 75.3 Å². The Morgan fingerprint density at radius 3 is 2.54 bits per heavy atom. The minimum atomic E-state index is -0.322. The molecule has 0 aliphatic rings. The van der Waals surface area contributed by atoms with Gasteiger partial charge in [0.05, 0.1) is 17.8 Å². The van der Waals surface area contributed by atoms with Crippen LogP contribution >= 0.6 is 0 Å². The maximum atomic E-state index is 12.8.